The Labute approximate surface area is 169 Å². The van der Waals surface area contributed by atoms with Crippen LogP contribution in [0.5, 0.6) is 11.5 Å². The Morgan fingerprint density at radius 2 is 1.69 bits per heavy atom. The first kappa shape index (κ1) is 20.7. The number of carbonyl (C=O) groups excluding carboxylic acids is 2. The van der Waals surface area contributed by atoms with Crippen molar-refractivity contribution in [2.45, 2.75) is 26.7 Å². The number of carbonyl (C=O) groups is 2. The molecule has 1 unspecified atom stereocenters. The first-order valence-electron chi connectivity index (χ1n) is 9.39. The van der Waals surface area contributed by atoms with Gasteiger partial charge in [0.1, 0.15) is 6.61 Å². The van der Waals surface area contributed by atoms with E-state index in [4.69, 9.17) is 23.7 Å². The number of esters is 2. The number of rotatable bonds is 7. The number of methoxy groups -OCH3 is 1. The topological polar surface area (TPSA) is 92.3 Å². The average molecular weight is 403 g/mol. The number of hydrogen-bond acceptors (Lipinski definition) is 8. The molecule has 0 radical (unpaired) electrons. The maximum atomic E-state index is 12.9. The van der Waals surface area contributed by atoms with Crippen molar-refractivity contribution >= 4 is 11.9 Å². The van der Waals surface area contributed by atoms with Crippen molar-refractivity contribution in [3.63, 3.8) is 0 Å². The van der Waals surface area contributed by atoms with Gasteiger partial charge in [0.05, 0.1) is 30.3 Å². The van der Waals surface area contributed by atoms with Crippen LogP contribution in [0.25, 0.3) is 0 Å². The van der Waals surface area contributed by atoms with Gasteiger partial charge in [-0.2, -0.15) is 0 Å². The Morgan fingerprint density at radius 3 is 2.34 bits per heavy atom. The molecule has 0 saturated heterocycles. The molecular formula is C21H25NO7. The molecule has 0 spiro atoms. The van der Waals surface area contributed by atoms with Crippen LogP contribution < -0.4 is 14.8 Å². The van der Waals surface area contributed by atoms with Crippen LogP contribution in [-0.2, 0) is 23.8 Å². The summed E-state index contributed by atoms with van der Waals surface area (Å²) in [6.45, 7) is 6.03. The van der Waals surface area contributed by atoms with Crippen molar-refractivity contribution in [3.8, 4) is 11.5 Å². The molecule has 1 N–H and O–H groups in total. The minimum absolute atomic E-state index is 0.109. The molecule has 1 atom stereocenters. The molecule has 3 rings (SSSR count). The zero-order valence-electron chi connectivity index (χ0n) is 17.0. The van der Waals surface area contributed by atoms with Gasteiger partial charge in [0.25, 0.3) is 0 Å². The lowest BCUT2D eigenvalue weighted by Crippen LogP contribution is -2.32. The summed E-state index contributed by atoms with van der Waals surface area (Å²) in [5.41, 5.74) is 2.64. The number of hydrogen-bond donors (Lipinski definition) is 1. The van der Waals surface area contributed by atoms with Gasteiger partial charge in [-0.1, -0.05) is 6.07 Å². The van der Waals surface area contributed by atoms with E-state index >= 15 is 0 Å². The second kappa shape index (κ2) is 9.00. The second-order valence-electron chi connectivity index (χ2n) is 6.60. The van der Waals surface area contributed by atoms with E-state index in [0.29, 0.717) is 39.6 Å². The molecule has 1 aromatic rings. The molecule has 0 fully saturated rings. The van der Waals surface area contributed by atoms with Crippen molar-refractivity contribution in [1.82, 2.24) is 5.32 Å². The van der Waals surface area contributed by atoms with E-state index in [9.17, 15) is 9.59 Å². The highest BCUT2D eigenvalue weighted by Gasteiger charge is 2.38. The molecule has 0 saturated carbocycles. The van der Waals surface area contributed by atoms with Crippen molar-refractivity contribution in [2.24, 2.45) is 0 Å². The minimum Gasteiger partial charge on any atom is -0.463 e. The predicted molar refractivity (Wildman–Crippen MR) is 103 cm³/mol. The first-order chi connectivity index (χ1) is 14.0. The highest BCUT2D eigenvalue weighted by Crippen LogP contribution is 2.43. The molecule has 29 heavy (non-hydrogen) atoms. The van der Waals surface area contributed by atoms with Crippen LogP contribution in [0.15, 0.2) is 40.7 Å². The fourth-order valence-corrected chi connectivity index (χ4v) is 3.47. The Kier molecular flexibility index (Phi) is 6.43. The van der Waals surface area contributed by atoms with E-state index in [2.05, 4.69) is 5.32 Å². The largest absolute Gasteiger partial charge is 0.463 e. The van der Waals surface area contributed by atoms with Gasteiger partial charge in [-0.3, -0.25) is 0 Å². The summed E-state index contributed by atoms with van der Waals surface area (Å²) in [7, 11) is 1.53. The summed E-state index contributed by atoms with van der Waals surface area (Å²) in [5.74, 6) is -0.503. The maximum Gasteiger partial charge on any atom is 0.336 e. The van der Waals surface area contributed by atoms with Crippen LogP contribution in [0.2, 0.25) is 0 Å². The molecule has 8 heteroatoms. The van der Waals surface area contributed by atoms with Crippen LogP contribution in [0.4, 0.5) is 0 Å². The Hall–Kier alpha value is -3.00. The zero-order chi connectivity index (χ0) is 21.0. The van der Waals surface area contributed by atoms with E-state index < -0.39 is 17.9 Å². The zero-order valence-corrected chi connectivity index (χ0v) is 17.0. The highest BCUT2D eigenvalue weighted by molar-refractivity contribution is 6.00. The fourth-order valence-electron chi connectivity index (χ4n) is 3.47. The summed E-state index contributed by atoms with van der Waals surface area (Å²) >= 11 is 0. The Morgan fingerprint density at radius 1 is 1.03 bits per heavy atom. The lowest BCUT2D eigenvalue weighted by Gasteiger charge is -2.30. The number of nitrogens with one attached hydrogen (secondary N) is 1. The van der Waals surface area contributed by atoms with Crippen LogP contribution in [0, 0.1) is 0 Å². The number of fused-ring (bicyclic) bond motifs is 1. The predicted octanol–water partition coefficient (Wildman–Crippen LogP) is 2.40. The smallest absolute Gasteiger partial charge is 0.336 e. The lowest BCUT2D eigenvalue weighted by atomic mass is 9.80. The normalized spacial score (nSPS) is 17.9. The van der Waals surface area contributed by atoms with Gasteiger partial charge in [-0.05, 0) is 38.5 Å². The second-order valence-corrected chi connectivity index (χ2v) is 6.60. The van der Waals surface area contributed by atoms with Gasteiger partial charge >= 0.3 is 11.9 Å². The maximum absolute atomic E-state index is 12.9. The van der Waals surface area contributed by atoms with Crippen LogP contribution >= 0.6 is 0 Å². The van der Waals surface area contributed by atoms with Crippen molar-refractivity contribution in [2.75, 3.05) is 33.7 Å². The third-order valence-corrected chi connectivity index (χ3v) is 4.73. The van der Waals surface area contributed by atoms with Crippen LogP contribution in [-0.4, -0.2) is 45.7 Å². The Bertz CT molecular complexity index is 872. The molecule has 8 nitrogen and oxygen atoms in total. The van der Waals surface area contributed by atoms with Gasteiger partial charge in [-0.15, -0.1) is 0 Å². The molecule has 2 heterocycles. The number of benzene rings is 1. The van der Waals surface area contributed by atoms with E-state index in [1.54, 1.807) is 32.9 Å². The summed E-state index contributed by atoms with van der Waals surface area (Å²) in [5, 5.41) is 3.11. The minimum atomic E-state index is -0.667. The van der Waals surface area contributed by atoms with Gasteiger partial charge < -0.3 is 29.0 Å². The van der Waals surface area contributed by atoms with Crippen LogP contribution in [0.1, 0.15) is 32.3 Å². The standard InChI is InChI=1S/C21H25NO7/c1-5-26-20(23)17-12(2)22-13(3)18(21(24)27-9-8-25-4)19(17)14-6-7-15-16(10-14)29-11-28-15/h6-7,10,19,22H,5,8-9,11H2,1-4H3. The van der Waals surface area contributed by atoms with Crippen LogP contribution in [0.3, 0.4) is 0 Å². The summed E-state index contributed by atoms with van der Waals surface area (Å²) < 4.78 is 26.5. The van der Waals surface area contributed by atoms with Gasteiger partial charge in [-0.25, -0.2) is 9.59 Å². The molecule has 0 aliphatic carbocycles. The lowest BCUT2D eigenvalue weighted by molar-refractivity contribution is -0.140. The molecule has 2 aliphatic heterocycles. The monoisotopic (exact) mass is 403 g/mol. The van der Waals surface area contributed by atoms with E-state index in [-0.39, 0.29) is 26.6 Å². The third kappa shape index (κ3) is 4.22. The fraction of sp³-hybridized carbons (Fsp3) is 0.429. The number of allylic oxidation sites excluding steroid dienone is 2. The quantitative estimate of drug-likeness (QED) is 0.548. The highest BCUT2D eigenvalue weighted by atomic mass is 16.7. The molecule has 0 bridgehead atoms. The summed E-state index contributed by atoms with van der Waals surface area (Å²) in [6.07, 6.45) is 0. The van der Waals surface area contributed by atoms with Gasteiger partial charge in [0.2, 0.25) is 6.79 Å². The van der Waals surface area contributed by atoms with Crippen molar-refractivity contribution < 1.29 is 33.3 Å². The molecule has 156 valence electrons. The molecular weight excluding hydrogens is 378 g/mol. The van der Waals surface area contributed by atoms with E-state index in [0.717, 1.165) is 0 Å². The molecule has 2 aliphatic rings. The molecule has 0 amide bonds. The third-order valence-electron chi connectivity index (χ3n) is 4.73. The summed E-state index contributed by atoms with van der Waals surface area (Å²) in [6, 6.07) is 5.35. The number of ether oxygens (including phenoxy) is 5. The van der Waals surface area contributed by atoms with Gasteiger partial charge in [0.15, 0.2) is 11.5 Å². The van der Waals surface area contributed by atoms with Crippen molar-refractivity contribution in [1.29, 1.82) is 0 Å². The number of dihydropyridines is 1. The average Bonchev–Trinajstić information content (AvgIpc) is 3.15. The summed E-state index contributed by atoms with van der Waals surface area (Å²) in [4.78, 5) is 25.7. The van der Waals surface area contributed by atoms with Gasteiger partial charge in [0, 0.05) is 18.5 Å². The first-order valence-corrected chi connectivity index (χ1v) is 9.39. The Balaban J connectivity index is 2.06. The van der Waals surface area contributed by atoms with E-state index in [1.807, 2.05) is 6.07 Å². The molecule has 1 aromatic carbocycles. The van der Waals surface area contributed by atoms with E-state index in [1.165, 1.54) is 7.11 Å². The van der Waals surface area contributed by atoms with Crippen molar-refractivity contribution in [3.05, 3.63) is 46.3 Å². The molecule has 0 aromatic heterocycles. The SMILES string of the molecule is CCOC(=O)C1=C(C)NC(C)=C(C(=O)OCCOC)C1c1ccc2c(c1)OCO2.